The number of hydrogen-bond donors (Lipinski definition) is 2. The first-order valence-corrected chi connectivity index (χ1v) is 8.68. The lowest BCUT2D eigenvalue weighted by Crippen LogP contribution is -2.37. The van der Waals surface area contributed by atoms with Crippen molar-refractivity contribution in [3.63, 3.8) is 0 Å². The van der Waals surface area contributed by atoms with Gasteiger partial charge in [0.15, 0.2) is 5.82 Å². The second kappa shape index (κ2) is 7.15. The molecule has 0 saturated heterocycles. The Hall–Kier alpha value is -2.18. The van der Waals surface area contributed by atoms with Gasteiger partial charge < -0.3 is 9.84 Å². The van der Waals surface area contributed by atoms with Gasteiger partial charge in [-0.25, -0.2) is 0 Å². The summed E-state index contributed by atoms with van der Waals surface area (Å²) in [7, 11) is 0. The third-order valence-electron chi connectivity index (χ3n) is 4.76. The molecule has 2 aromatic heterocycles. The van der Waals surface area contributed by atoms with Crippen LogP contribution < -0.4 is 5.32 Å². The lowest BCUT2D eigenvalue weighted by Gasteiger charge is -2.22. The molecule has 1 amide bonds. The molecule has 2 heterocycles. The molecular weight excluding hydrogens is 306 g/mol. The molecule has 1 aliphatic rings. The van der Waals surface area contributed by atoms with Gasteiger partial charge in [-0.1, -0.05) is 24.4 Å². The molecule has 7 heteroatoms. The lowest BCUT2D eigenvalue weighted by molar-refractivity contribution is -0.121. The number of amides is 1. The molecular formula is C17H25N5O2. The lowest BCUT2D eigenvalue weighted by atomic mass is 9.95. The molecule has 1 atom stereocenters. The van der Waals surface area contributed by atoms with Gasteiger partial charge in [0.2, 0.25) is 11.8 Å². The molecule has 0 radical (unpaired) electrons. The Kier molecular flexibility index (Phi) is 4.97. The molecule has 0 bridgehead atoms. The first-order valence-electron chi connectivity index (χ1n) is 8.68. The second-order valence-corrected chi connectivity index (χ2v) is 6.70. The molecule has 0 aliphatic heterocycles. The summed E-state index contributed by atoms with van der Waals surface area (Å²) in [4.78, 5) is 16.6. The van der Waals surface area contributed by atoms with Crippen molar-refractivity contribution in [3.8, 4) is 0 Å². The number of aromatic amines is 1. The highest BCUT2D eigenvalue weighted by atomic mass is 16.5. The number of nitrogens with one attached hydrogen (secondary N) is 2. The number of aryl methyl sites for hydroxylation is 2. The van der Waals surface area contributed by atoms with E-state index in [4.69, 9.17) is 4.52 Å². The zero-order chi connectivity index (χ0) is 17.1. The molecule has 7 nitrogen and oxygen atoms in total. The minimum atomic E-state index is -0.0496. The van der Waals surface area contributed by atoms with E-state index in [0.29, 0.717) is 17.8 Å². The van der Waals surface area contributed by atoms with E-state index in [9.17, 15) is 4.79 Å². The summed E-state index contributed by atoms with van der Waals surface area (Å²) >= 11 is 0. The van der Waals surface area contributed by atoms with Crippen LogP contribution in [0.15, 0.2) is 4.52 Å². The molecule has 24 heavy (non-hydrogen) atoms. The molecule has 1 aliphatic carbocycles. The Morgan fingerprint density at radius 3 is 2.75 bits per heavy atom. The van der Waals surface area contributed by atoms with Gasteiger partial charge in [-0.15, -0.1) is 0 Å². The van der Waals surface area contributed by atoms with E-state index in [1.165, 1.54) is 19.3 Å². The average Bonchev–Trinajstić information content (AvgIpc) is 3.15. The molecule has 1 fully saturated rings. The normalized spacial score (nSPS) is 17.0. The third kappa shape index (κ3) is 3.66. The van der Waals surface area contributed by atoms with Crippen LogP contribution in [0.2, 0.25) is 0 Å². The van der Waals surface area contributed by atoms with E-state index in [-0.39, 0.29) is 18.2 Å². The van der Waals surface area contributed by atoms with Crippen LogP contribution in [-0.4, -0.2) is 32.3 Å². The summed E-state index contributed by atoms with van der Waals surface area (Å²) in [5.41, 5.74) is 2.99. The number of carbonyl (C=O) groups excluding carboxylic acids is 1. The van der Waals surface area contributed by atoms with Gasteiger partial charge in [-0.2, -0.15) is 10.1 Å². The van der Waals surface area contributed by atoms with E-state index in [1.54, 1.807) is 0 Å². The number of nitrogens with zero attached hydrogens (tertiary/aromatic N) is 3. The predicted octanol–water partition coefficient (Wildman–Crippen LogP) is 2.55. The summed E-state index contributed by atoms with van der Waals surface area (Å²) in [6, 6.07) is 0.299. The van der Waals surface area contributed by atoms with E-state index in [2.05, 4.69) is 25.7 Å². The van der Waals surface area contributed by atoms with E-state index >= 15 is 0 Å². The first kappa shape index (κ1) is 16.7. The second-order valence-electron chi connectivity index (χ2n) is 6.70. The highest BCUT2D eigenvalue weighted by Gasteiger charge is 2.23. The molecule has 0 unspecified atom stereocenters. The van der Waals surface area contributed by atoms with Crippen molar-refractivity contribution in [1.29, 1.82) is 0 Å². The van der Waals surface area contributed by atoms with Crippen LogP contribution in [0.3, 0.4) is 0 Å². The topological polar surface area (TPSA) is 96.7 Å². The van der Waals surface area contributed by atoms with Crippen LogP contribution in [0.5, 0.6) is 0 Å². The summed E-state index contributed by atoms with van der Waals surface area (Å²) in [5.74, 6) is 0.871. The fraction of sp³-hybridized carbons (Fsp3) is 0.647. The summed E-state index contributed by atoms with van der Waals surface area (Å²) in [5, 5.41) is 14.2. The summed E-state index contributed by atoms with van der Waals surface area (Å²) in [6.07, 6.45) is 5.95. The van der Waals surface area contributed by atoms with Crippen molar-refractivity contribution >= 4 is 5.91 Å². The van der Waals surface area contributed by atoms with Crippen LogP contribution in [0, 0.1) is 13.8 Å². The van der Waals surface area contributed by atoms with Crippen LogP contribution in [0.25, 0.3) is 0 Å². The van der Waals surface area contributed by atoms with Crippen LogP contribution in [-0.2, 0) is 11.2 Å². The maximum Gasteiger partial charge on any atom is 0.234 e. The zero-order valence-corrected chi connectivity index (χ0v) is 14.6. The number of hydrogen-bond acceptors (Lipinski definition) is 5. The van der Waals surface area contributed by atoms with Crippen molar-refractivity contribution in [3.05, 3.63) is 28.7 Å². The first-order chi connectivity index (χ1) is 11.5. The highest BCUT2D eigenvalue weighted by molar-refractivity contribution is 5.78. The Morgan fingerprint density at radius 1 is 1.33 bits per heavy atom. The Labute approximate surface area is 141 Å². The fourth-order valence-corrected chi connectivity index (χ4v) is 3.51. The summed E-state index contributed by atoms with van der Waals surface area (Å²) < 4.78 is 5.37. The predicted molar refractivity (Wildman–Crippen MR) is 88.6 cm³/mol. The number of rotatable bonds is 5. The molecule has 0 spiro atoms. The van der Waals surface area contributed by atoms with Crippen LogP contribution >= 0.6 is 0 Å². The van der Waals surface area contributed by atoms with Gasteiger partial charge in [0.25, 0.3) is 0 Å². The van der Waals surface area contributed by atoms with Crippen LogP contribution in [0.4, 0.5) is 0 Å². The van der Waals surface area contributed by atoms with Crippen molar-refractivity contribution in [2.24, 2.45) is 0 Å². The molecule has 3 rings (SSSR count). The van der Waals surface area contributed by atoms with E-state index in [0.717, 1.165) is 29.8 Å². The smallest absolute Gasteiger partial charge is 0.234 e. The van der Waals surface area contributed by atoms with Gasteiger partial charge >= 0.3 is 0 Å². The monoisotopic (exact) mass is 331 g/mol. The molecule has 1 saturated carbocycles. The Bertz CT molecular complexity index is 680. The number of H-pyrrole nitrogens is 1. The maximum atomic E-state index is 12.1. The quantitative estimate of drug-likeness (QED) is 0.877. The van der Waals surface area contributed by atoms with Gasteiger partial charge in [-0.05, 0) is 33.6 Å². The average molecular weight is 331 g/mol. The van der Waals surface area contributed by atoms with Crippen molar-refractivity contribution in [2.45, 2.75) is 71.3 Å². The third-order valence-corrected chi connectivity index (χ3v) is 4.76. The molecule has 0 aromatic carbocycles. The minimum Gasteiger partial charge on any atom is -0.353 e. The van der Waals surface area contributed by atoms with Crippen molar-refractivity contribution in [2.75, 3.05) is 0 Å². The maximum absolute atomic E-state index is 12.1. The number of aromatic nitrogens is 4. The zero-order valence-electron chi connectivity index (χ0n) is 14.6. The molecule has 130 valence electrons. The van der Waals surface area contributed by atoms with Gasteiger partial charge in [0, 0.05) is 17.3 Å². The van der Waals surface area contributed by atoms with Crippen molar-refractivity contribution < 1.29 is 9.32 Å². The minimum absolute atomic E-state index is 0.0300. The molecule has 2 aromatic rings. The largest absolute Gasteiger partial charge is 0.353 e. The van der Waals surface area contributed by atoms with Crippen molar-refractivity contribution in [1.82, 2.24) is 25.7 Å². The Morgan fingerprint density at radius 2 is 2.08 bits per heavy atom. The van der Waals surface area contributed by atoms with Gasteiger partial charge in [-0.3, -0.25) is 9.89 Å². The van der Waals surface area contributed by atoms with Crippen LogP contribution in [0.1, 0.15) is 73.6 Å². The standard InChI is InChI=1S/C17H25N5O2/c1-10(16-11(2)20-21-12(16)3)17-19-14(22-24-17)9-15(23)18-13-7-5-4-6-8-13/h10,13H,4-9H2,1-3H3,(H,18,23)(H,20,21)/t10-/m0/s1. The van der Waals surface area contributed by atoms with E-state index in [1.807, 2.05) is 20.8 Å². The van der Waals surface area contributed by atoms with E-state index < -0.39 is 0 Å². The van der Waals surface area contributed by atoms with Gasteiger partial charge in [0.1, 0.15) is 0 Å². The SMILES string of the molecule is Cc1n[nH]c(C)c1[C@H](C)c1nc(CC(=O)NC2CCCCC2)no1. The fourth-order valence-electron chi connectivity index (χ4n) is 3.51. The Balaban J connectivity index is 1.61. The number of carbonyl (C=O) groups is 1. The van der Waals surface area contributed by atoms with Gasteiger partial charge in [0.05, 0.1) is 18.0 Å². The highest BCUT2D eigenvalue weighted by Crippen LogP contribution is 2.27. The molecule has 2 N–H and O–H groups in total. The summed E-state index contributed by atoms with van der Waals surface area (Å²) in [6.45, 7) is 5.93.